The maximum absolute atomic E-state index is 12.6. The molecule has 3 rings (SSSR count). The van der Waals surface area contributed by atoms with Crippen LogP contribution in [-0.2, 0) is 4.79 Å². The highest BCUT2D eigenvalue weighted by molar-refractivity contribution is 7.80. The van der Waals surface area contributed by atoms with Crippen molar-refractivity contribution in [2.24, 2.45) is 0 Å². The van der Waals surface area contributed by atoms with Crippen LogP contribution in [0.5, 0.6) is 0 Å². The number of carbonyl (C=O) groups excluding carboxylic acids is 2. The van der Waals surface area contributed by atoms with Crippen LogP contribution in [0.4, 0.5) is 17.1 Å². The first kappa shape index (κ1) is 23.3. The molecule has 0 saturated carbocycles. The number of rotatable bonds is 6. The molecule has 0 fully saturated rings. The standard InChI is InChI=1S/C24H20N4O4S/c1-27(20-5-3-2-4-6-20)23(30)18-10-12-19(13-11-18)25-24(33)26-22(29)16-9-17-7-14-21(15-8-17)28(31)32/h2-16H,1H3,(H2,25,26,29,33)/b16-9+. The highest BCUT2D eigenvalue weighted by Gasteiger charge is 2.13. The molecule has 33 heavy (non-hydrogen) atoms. The fourth-order valence-corrected chi connectivity index (χ4v) is 3.07. The van der Waals surface area contributed by atoms with Crippen molar-refractivity contribution in [2.45, 2.75) is 0 Å². The Hall–Kier alpha value is -4.37. The van der Waals surface area contributed by atoms with E-state index >= 15 is 0 Å². The summed E-state index contributed by atoms with van der Waals surface area (Å²) in [6.07, 6.45) is 2.79. The third-order valence-electron chi connectivity index (χ3n) is 4.61. The van der Waals surface area contributed by atoms with Crippen LogP contribution in [0.15, 0.2) is 84.9 Å². The topological polar surface area (TPSA) is 105 Å². The summed E-state index contributed by atoms with van der Waals surface area (Å²) < 4.78 is 0. The molecule has 166 valence electrons. The minimum Gasteiger partial charge on any atom is -0.332 e. The van der Waals surface area contributed by atoms with Gasteiger partial charge in [-0.15, -0.1) is 0 Å². The van der Waals surface area contributed by atoms with Gasteiger partial charge >= 0.3 is 0 Å². The number of thiocarbonyl (C=S) groups is 1. The molecular weight excluding hydrogens is 440 g/mol. The molecule has 0 atom stereocenters. The SMILES string of the molecule is CN(C(=O)c1ccc(NC(=S)NC(=O)/C=C/c2ccc([N+](=O)[O-])cc2)cc1)c1ccccc1. The van der Waals surface area contributed by atoms with Crippen LogP contribution in [0.2, 0.25) is 0 Å². The highest BCUT2D eigenvalue weighted by Crippen LogP contribution is 2.17. The van der Waals surface area contributed by atoms with E-state index in [-0.39, 0.29) is 16.7 Å². The fourth-order valence-electron chi connectivity index (χ4n) is 2.85. The van der Waals surface area contributed by atoms with Gasteiger partial charge in [-0.1, -0.05) is 18.2 Å². The van der Waals surface area contributed by atoms with Gasteiger partial charge in [0.15, 0.2) is 5.11 Å². The third kappa shape index (κ3) is 6.55. The molecule has 0 spiro atoms. The molecule has 8 nitrogen and oxygen atoms in total. The number of nitrogens with one attached hydrogen (secondary N) is 2. The van der Waals surface area contributed by atoms with Crippen LogP contribution < -0.4 is 15.5 Å². The summed E-state index contributed by atoms with van der Waals surface area (Å²) in [5.74, 6) is -0.609. The first-order chi connectivity index (χ1) is 15.8. The number of nitro benzene ring substituents is 1. The van der Waals surface area contributed by atoms with Crippen molar-refractivity contribution >= 4 is 52.3 Å². The molecule has 0 bridgehead atoms. The van der Waals surface area contributed by atoms with Crippen LogP contribution in [0.1, 0.15) is 15.9 Å². The van der Waals surface area contributed by atoms with Crippen molar-refractivity contribution in [1.29, 1.82) is 0 Å². The van der Waals surface area contributed by atoms with Gasteiger partial charge in [-0.3, -0.25) is 25.0 Å². The Balaban J connectivity index is 1.53. The van der Waals surface area contributed by atoms with Gasteiger partial charge in [0.1, 0.15) is 0 Å². The van der Waals surface area contributed by atoms with Crippen molar-refractivity contribution in [2.75, 3.05) is 17.3 Å². The van der Waals surface area contributed by atoms with Crippen molar-refractivity contribution in [3.05, 3.63) is 106 Å². The van der Waals surface area contributed by atoms with Crippen LogP contribution in [0.3, 0.4) is 0 Å². The molecule has 3 aromatic carbocycles. The largest absolute Gasteiger partial charge is 0.332 e. The summed E-state index contributed by atoms with van der Waals surface area (Å²) in [5, 5.41) is 16.2. The van der Waals surface area contributed by atoms with Crippen molar-refractivity contribution in [3.63, 3.8) is 0 Å². The molecular formula is C24H20N4O4S. The summed E-state index contributed by atoms with van der Waals surface area (Å²) in [4.78, 5) is 36.5. The number of amides is 2. The Morgan fingerprint density at radius 3 is 2.21 bits per heavy atom. The van der Waals surface area contributed by atoms with Gasteiger partial charge < -0.3 is 10.2 Å². The van der Waals surface area contributed by atoms with E-state index in [0.717, 1.165) is 5.69 Å². The monoisotopic (exact) mass is 460 g/mol. The molecule has 2 amide bonds. The van der Waals surface area contributed by atoms with Gasteiger partial charge in [0.05, 0.1) is 4.92 Å². The summed E-state index contributed by atoms with van der Waals surface area (Å²) in [5.41, 5.74) is 2.51. The lowest BCUT2D eigenvalue weighted by molar-refractivity contribution is -0.384. The molecule has 0 radical (unpaired) electrons. The Bertz CT molecular complexity index is 1190. The number of hydrogen-bond acceptors (Lipinski definition) is 5. The zero-order chi connectivity index (χ0) is 23.8. The number of para-hydroxylation sites is 1. The van der Waals surface area contributed by atoms with Gasteiger partial charge in [-0.25, -0.2) is 0 Å². The Kier molecular flexibility index (Phi) is 7.61. The maximum Gasteiger partial charge on any atom is 0.269 e. The predicted octanol–water partition coefficient (Wildman–Crippen LogP) is 4.40. The lowest BCUT2D eigenvalue weighted by atomic mass is 10.1. The number of benzene rings is 3. The first-order valence-corrected chi connectivity index (χ1v) is 10.2. The zero-order valence-electron chi connectivity index (χ0n) is 17.6. The Morgan fingerprint density at radius 2 is 1.61 bits per heavy atom. The number of carbonyl (C=O) groups is 2. The van der Waals surface area contributed by atoms with Gasteiger partial charge in [-0.05, 0) is 72.4 Å². The quantitative estimate of drug-likeness (QED) is 0.245. The first-order valence-electron chi connectivity index (χ1n) is 9.81. The summed E-state index contributed by atoms with van der Waals surface area (Å²) in [7, 11) is 1.71. The summed E-state index contributed by atoms with van der Waals surface area (Å²) in [6.45, 7) is 0. The molecule has 0 aromatic heterocycles. The minimum absolute atomic E-state index is 0.0265. The maximum atomic E-state index is 12.6. The van der Waals surface area contributed by atoms with Gasteiger partial charge in [0.25, 0.3) is 11.6 Å². The molecule has 0 aliphatic heterocycles. The van der Waals surface area contributed by atoms with Crippen molar-refractivity contribution < 1.29 is 14.5 Å². The van der Waals surface area contributed by atoms with E-state index in [9.17, 15) is 19.7 Å². The number of non-ortho nitro benzene ring substituents is 1. The molecule has 2 N–H and O–H groups in total. The van der Waals surface area contributed by atoms with Crippen molar-refractivity contribution in [3.8, 4) is 0 Å². The van der Waals surface area contributed by atoms with Gasteiger partial charge in [0.2, 0.25) is 5.91 Å². The van der Waals surface area contributed by atoms with E-state index in [4.69, 9.17) is 12.2 Å². The van der Waals surface area contributed by atoms with Crippen LogP contribution in [-0.4, -0.2) is 28.9 Å². The van der Waals surface area contributed by atoms with Crippen molar-refractivity contribution in [1.82, 2.24) is 5.32 Å². The summed E-state index contributed by atoms with van der Waals surface area (Å²) >= 11 is 5.15. The molecule has 0 aliphatic rings. The Morgan fingerprint density at radius 1 is 0.970 bits per heavy atom. The van der Waals surface area contributed by atoms with E-state index in [1.165, 1.54) is 36.4 Å². The molecule has 3 aromatic rings. The summed E-state index contributed by atoms with van der Waals surface area (Å²) in [6, 6.07) is 21.8. The zero-order valence-corrected chi connectivity index (χ0v) is 18.4. The lowest BCUT2D eigenvalue weighted by Crippen LogP contribution is -2.32. The lowest BCUT2D eigenvalue weighted by Gasteiger charge is -2.17. The van der Waals surface area contributed by atoms with Crippen LogP contribution >= 0.6 is 12.2 Å². The Labute approximate surface area is 195 Å². The molecule has 0 saturated heterocycles. The molecule has 0 heterocycles. The fraction of sp³-hybridized carbons (Fsp3) is 0.0417. The molecule has 0 unspecified atom stereocenters. The molecule has 9 heteroatoms. The van der Waals surface area contributed by atoms with E-state index < -0.39 is 10.8 Å². The third-order valence-corrected chi connectivity index (χ3v) is 4.81. The van der Waals surface area contributed by atoms with E-state index in [1.54, 1.807) is 36.2 Å². The van der Waals surface area contributed by atoms with Crippen LogP contribution in [0.25, 0.3) is 6.08 Å². The number of anilines is 2. The number of nitro groups is 1. The number of nitrogens with zero attached hydrogens (tertiary/aromatic N) is 2. The molecule has 0 aliphatic carbocycles. The smallest absolute Gasteiger partial charge is 0.269 e. The van der Waals surface area contributed by atoms with E-state index in [0.29, 0.717) is 16.8 Å². The normalized spacial score (nSPS) is 10.5. The minimum atomic E-state index is -0.492. The highest BCUT2D eigenvalue weighted by atomic mass is 32.1. The average molecular weight is 461 g/mol. The second-order valence-electron chi connectivity index (χ2n) is 6.90. The number of hydrogen-bond donors (Lipinski definition) is 2. The van der Waals surface area contributed by atoms with Gasteiger partial charge in [-0.2, -0.15) is 0 Å². The second kappa shape index (κ2) is 10.8. The van der Waals surface area contributed by atoms with Gasteiger partial charge in [0, 0.05) is 42.2 Å². The second-order valence-corrected chi connectivity index (χ2v) is 7.31. The predicted molar refractivity (Wildman–Crippen MR) is 132 cm³/mol. The van der Waals surface area contributed by atoms with E-state index in [2.05, 4.69) is 10.6 Å². The van der Waals surface area contributed by atoms with Crippen LogP contribution in [0, 0.1) is 10.1 Å². The van der Waals surface area contributed by atoms with E-state index in [1.807, 2.05) is 30.3 Å². The average Bonchev–Trinajstić information content (AvgIpc) is 2.83.